The minimum atomic E-state index is -0.368. The van der Waals surface area contributed by atoms with E-state index in [-0.39, 0.29) is 17.6 Å². The molecule has 1 fully saturated rings. The van der Waals surface area contributed by atoms with Crippen molar-refractivity contribution < 1.29 is 14.3 Å². The van der Waals surface area contributed by atoms with E-state index in [1.165, 1.54) is 0 Å². The summed E-state index contributed by atoms with van der Waals surface area (Å²) < 4.78 is 10.1. The Morgan fingerprint density at radius 3 is 2.62 bits per heavy atom. The first kappa shape index (κ1) is 13.4. The Morgan fingerprint density at radius 2 is 2.19 bits per heavy atom. The molecular formula is C11H22N2O3. The van der Waals surface area contributed by atoms with Crippen LogP contribution in [0.15, 0.2) is 0 Å². The highest BCUT2D eigenvalue weighted by molar-refractivity contribution is 5.83. The molecule has 1 aliphatic heterocycles. The van der Waals surface area contributed by atoms with Gasteiger partial charge in [0.25, 0.3) is 0 Å². The van der Waals surface area contributed by atoms with Crippen LogP contribution < -0.4 is 10.6 Å². The van der Waals surface area contributed by atoms with Crippen LogP contribution in [0.2, 0.25) is 0 Å². The Balaban J connectivity index is 2.44. The summed E-state index contributed by atoms with van der Waals surface area (Å²) in [6.45, 7) is 4.13. The molecule has 5 heteroatoms. The summed E-state index contributed by atoms with van der Waals surface area (Å²) in [5.74, 6) is 0.0964. The summed E-state index contributed by atoms with van der Waals surface area (Å²) in [5.41, 5.74) is -0.244. The second-order valence-corrected chi connectivity index (χ2v) is 4.17. The Hall–Kier alpha value is -0.650. The molecule has 0 radical (unpaired) electrons. The molecule has 1 heterocycles. The molecule has 1 rings (SSSR count). The van der Waals surface area contributed by atoms with Gasteiger partial charge in [-0.3, -0.25) is 4.79 Å². The minimum Gasteiger partial charge on any atom is -0.354 e. The van der Waals surface area contributed by atoms with Gasteiger partial charge in [-0.2, -0.15) is 0 Å². The molecule has 0 aromatic carbocycles. The molecule has 2 N–H and O–H groups in total. The Morgan fingerprint density at radius 1 is 1.50 bits per heavy atom. The van der Waals surface area contributed by atoms with Gasteiger partial charge in [-0.05, 0) is 19.4 Å². The zero-order chi connectivity index (χ0) is 12.0. The second-order valence-electron chi connectivity index (χ2n) is 4.17. The van der Waals surface area contributed by atoms with Gasteiger partial charge in [-0.15, -0.1) is 0 Å². The lowest BCUT2D eigenvalue weighted by Gasteiger charge is -2.26. The van der Waals surface area contributed by atoms with Gasteiger partial charge in [-0.25, -0.2) is 0 Å². The van der Waals surface area contributed by atoms with Gasteiger partial charge in [0.05, 0.1) is 12.0 Å². The first-order chi connectivity index (χ1) is 7.68. The average Bonchev–Trinajstić information content (AvgIpc) is 2.80. The van der Waals surface area contributed by atoms with Gasteiger partial charge in [0.2, 0.25) is 5.91 Å². The zero-order valence-corrected chi connectivity index (χ0v) is 10.3. The summed E-state index contributed by atoms with van der Waals surface area (Å²) in [4.78, 5) is 12.1. The molecule has 0 saturated carbocycles. The van der Waals surface area contributed by atoms with Crippen molar-refractivity contribution in [3.05, 3.63) is 0 Å². The largest absolute Gasteiger partial charge is 0.354 e. The van der Waals surface area contributed by atoms with Crippen molar-refractivity contribution >= 4 is 5.91 Å². The molecule has 0 aliphatic carbocycles. The molecule has 1 amide bonds. The molecule has 1 aliphatic rings. The number of carbonyl (C=O) groups is 1. The number of methoxy groups -OCH3 is 2. The number of carbonyl (C=O) groups excluding carboxylic acids is 1. The van der Waals surface area contributed by atoms with Crippen LogP contribution in [0.3, 0.4) is 0 Å². The number of hydrogen-bond acceptors (Lipinski definition) is 4. The third-order valence-corrected chi connectivity index (χ3v) is 3.36. The van der Waals surface area contributed by atoms with E-state index in [0.717, 1.165) is 25.9 Å². The first-order valence-electron chi connectivity index (χ1n) is 5.73. The molecule has 0 aromatic heterocycles. The average molecular weight is 230 g/mol. The number of hydrogen-bond donors (Lipinski definition) is 2. The molecule has 5 nitrogen and oxygen atoms in total. The lowest BCUT2D eigenvalue weighted by atomic mass is 9.83. The Labute approximate surface area is 96.9 Å². The summed E-state index contributed by atoms with van der Waals surface area (Å²) in [6, 6.07) is 0. The fraction of sp³-hybridized carbons (Fsp3) is 0.909. The summed E-state index contributed by atoms with van der Waals surface area (Å²) in [6.07, 6.45) is 1.39. The highest BCUT2D eigenvalue weighted by Crippen LogP contribution is 2.29. The molecule has 0 bridgehead atoms. The molecule has 16 heavy (non-hydrogen) atoms. The van der Waals surface area contributed by atoms with Crippen LogP contribution in [0.25, 0.3) is 0 Å². The first-order valence-corrected chi connectivity index (χ1v) is 5.73. The predicted octanol–water partition coefficient (Wildman–Crippen LogP) is 0.111. The van der Waals surface area contributed by atoms with Crippen molar-refractivity contribution in [2.24, 2.45) is 5.41 Å². The van der Waals surface area contributed by atoms with E-state index in [2.05, 4.69) is 17.6 Å². The third-order valence-electron chi connectivity index (χ3n) is 3.36. The minimum absolute atomic E-state index is 0.0964. The van der Waals surface area contributed by atoms with Crippen LogP contribution in [-0.4, -0.2) is 46.1 Å². The highest BCUT2D eigenvalue weighted by atomic mass is 16.7. The van der Waals surface area contributed by atoms with Crippen LogP contribution in [-0.2, 0) is 14.3 Å². The highest BCUT2D eigenvalue weighted by Gasteiger charge is 2.39. The topological polar surface area (TPSA) is 59.6 Å². The maximum absolute atomic E-state index is 12.1. The van der Waals surface area contributed by atoms with Crippen molar-refractivity contribution in [1.29, 1.82) is 0 Å². The predicted molar refractivity (Wildman–Crippen MR) is 61.0 cm³/mol. The Kier molecular flexibility index (Phi) is 5.18. The normalized spacial score (nSPS) is 25.0. The third kappa shape index (κ3) is 2.93. The van der Waals surface area contributed by atoms with E-state index in [4.69, 9.17) is 9.47 Å². The monoisotopic (exact) mass is 230 g/mol. The Bertz CT molecular complexity index is 223. The van der Waals surface area contributed by atoms with Crippen LogP contribution in [0.1, 0.15) is 19.8 Å². The number of amides is 1. The fourth-order valence-electron chi connectivity index (χ4n) is 2.03. The van der Waals surface area contributed by atoms with E-state index < -0.39 is 0 Å². The van der Waals surface area contributed by atoms with E-state index in [0.29, 0.717) is 6.54 Å². The van der Waals surface area contributed by atoms with E-state index in [9.17, 15) is 4.79 Å². The maximum atomic E-state index is 12.1. The standard InChI is InChI=1S/C11H22N2O3/c1-4-11(5-6-12-8-11)10(14)13-7-9(15-2)16-3/h9,12H,4-8H2,1-3H3,(H,13,14). The van der Waals surface area contributed by atoms with E-state index in [1.807, 2.05) is 0 Å². The molecule has 1 saturated heterocycles. The van der Waals surface area contributed by atoms with Crippen molar-refractivity contribution in [3.8, 4) is 0 Å². The van der Waals surface area contributed by atoms with Gasteiger partial charge in [-0.1, -0.05) is 6.92 Å². The van der Waals surface area contributed by atoms with E-state index >= 15 is 0 Å². The van der Waals surface area contributed by atoms with Crippen LogP contribution in [0.4, 0.5) is 0 Å². The van der Waals surface area contributed by atoms with Gasteiger partial charge in [0, 0.05) is 20.8 Å². The van der Waals surface area contributed by atoms with Crippen LogP contribution in [0, 0.1) is 5.41 Å². The smallest absolute Gasteiger partial charge is 0.227 e. The molecule has 1 atom stereocenters. The number of nitrogens with one attached hydrogen (secondary N) is 2. The van der Waals surface area contributed by atoms with Crippen molar-refractivity contribution in [1.82, 2.24) is 10.6 Å². The second kappa shape index (κ2) is 6.18. The summed E-state index contributed by atoms with van der Waals surface area (Å²) in [5, 5.41) is 6.13. The molecule has 94 valence electrons. The van der Waals surface area contributed by atoms with Crippen LogP contribution in [0.5, 0.6) is 0 Å². The molecule has 0 spiro atoms. The maximum Gasteiger partial charge on any atom is 0.227 e. The summed E-state index contributed by atoms with van der Waals surface area (Å²) >= 11 is 0. The quantitative estimate of drug-likeness (QED) is 0.636. The molecular weight excluding hydrogens is 208 g/mol. The van der Waals surface area contributed by atoms with Crippen LogP contribution >= 0.6 is 0 Å². The van der Waals surface area contributed by atoms with Crippen molar-refractivity contribution in [3.63, 3.8) is 0 Å². The van der Waals surface area contributed by atoms with Gasteiger partial charge in [0.1, 0.15) is 0 Å². The van der Waals surface area contributed by atoms with Gasteiger partial charge in [0.15, 0.2) is 6.29 Å². The lowest BCUT2D eigenvalue weighted by molar-refractivity contribution is -0.135. The molecule has 1 unspecified atom stereocenters. The van der Waals surface area contributed by atoms with Gasteiger partial charge >= 0.3 is 0 Å². The lowest BCUT2D eigenvalue weighted by Crippen LogP contribution is -2.45. The van der Waals surface area contributed by atoms with E-state index in [1.54, 1.807) is 14.2 Å². The molecule has 0 aromatic rings. The number of ether oxygens (including phenoxy) is 2. The fourth-order valence-corrected chi connectivity index (χ4v) is 2.03. The zero-order valence-electron chi connectivity index (χ0n) is 10.3. The summed E-state index contributed by atoms with van der Waals surface area (Å²) in [7, 11) is 3.13. The van der Waals surface area contributed by atoms with Crippen molar-refractivity contribution in [2.45, 2.75) is 26.1 Å². The SMILES string of the molecule is CCC1(C(=O)NCC(OC)OC)CCNC1. The van der Waals surface area contributed by atoms with Crippen molar-refractivity contribution in [2.75, 3.05) is 33.9 Å². The van der Waals surface area contributed by atoms with Gasteiger partial charge < -0.3 is 20.1 Å². The number of rotatable bonds is 6.